The van der Waals surface area contributed by atoms with E-state index in [1.54, 1.807) is 0 Å². The molecule has 0 aromatic rings. The van der Waals surface area contributed by atoms with Crippen molar-refractivity contribution in [1.29, 1.82) is 0 Å². The molecule has 1 fully saturated rings. The molecule has 0 N–H and O–H groups in total. The molecule has 7 heavy (non-hydrogen) atoms. The summed E-state index contributed by atoms with van der Waals surface area (Å²) in [5, 5.41) is 0. The fraction of sp³-hybridized carbons (Fsp3) is 1.00. The molecule has 0 aromatic heterocycles. The molecule has 3 heteroatoms. The highest BCUT2D eigenvalue weighted by Crippen LogP contribution is 2.34. The lowest BCUT2D eigenvalue weighted by molar-refractivity contribution is 1.12. The quantitative estimate of drug-likeness (QED) is 0.486. The van der Waals surface area contributed by atoms with Crippen LogP contribution in [-0.4, -0.2) is 15.8 Å². The lowest BCUT2D eigenvalue weighted by Gasteiger charge is -2.11. The lowest BCUT2D eigenvalue weighted by Crippen LogP contribution is -1.97. The molecule has 1 saturated heterocycles. The zero-order valence-electron chi connectivity index (χ0n) is 4.22. The summed E-state index contributed by atoms with van der Waals surface area (Å²) < 4.78 is 0.897. The molecule has 0 aliphatic carbocycles. The zero-order valence-corrected chi connectivity index (χ0v) is 7.27. The van der Waals surface area contributed by atoms with E-state index >= 15 is 0 Å². The third-order valence-corrected chi connectivity index (χ3v) is 4.92. The average molecular weight is 153 g/mol. The van der Waals surface area contributed by atoms with Crippen LogP contribution in [0.3, 0.4) is 0 Å². The van der Waals surface area contributed by atoms with Gasteiger partial charge in [0.2, 0.25) is 0 Å². The minimum absolute atomic E-state index is 0.897. The molecule has 0 radical (unpaired) electrons. The first-order chi connectivity index (χ1) is 3.39. The molecular formula is C4H10PS2+. The molecule has 42 valence electrons. The summed E-state index contributed by atoms with van der Waals surface area (Å²) in [7, 11) is 2.10. The molecule has 1 rings (SSSR count). The Kier molecular flexibility index (Phi) is 2.87. The Morgan fingerprint density at radius 2 is 1.86 bits per heavy atom. The first kappa shape index (κ1) is 6.25. The van der Waals surface area contributed by atoms with E-state index in [1.165, 1.54) is 17.9 Å². The number of rotatable bonds is 0. The third-order valence-electron chi connectivity index (χ3n) is 0.896. The van der Waals surface area contributed by atoms with E-state index < -0.39 is 0 Å². The predicted octanol–water partition coefficient (Wildman–Crippen LogP) is 1.75. The summed E-state index contributed by atoms with van der Waals surface area (Å²) >= 11 is 4.19. The standard InChI is InChI=1S/C4H9PS2/c5-4-6-2-1-3-7-4/h4H,1-3,5H2/p+1. The van der Waals surface area contributed by atoms with Gasteiger partial charge in [0.05, 0.1) is 0 Å². The van der Waals surface area contributed by atoms with Gasteiger partial charge in [0.1, 0.15) is 0 Å². The van der Waals surface area contributed by atoms with Crippen molar-refractivity contribution in [2.24, 2.45) is 0 Å². The Hall–Kier alpha value is 1.13. The van der Waals surface area contributed by atoms with Crippen LogP contribution in [0.25, 0.3) is 0 Å². The average Bonchev–Trinajstić information content (AvgIpc) is 1.69. The normalized spacial score (nSPS) is 25.7. The summed E-state index contributed by atoms with van der Waals surface area (Å²) in [4.78, 5) is 0. The Morgan fingerprint density at radius 1 is 1.29 bits per heavy atom. The second-order valence-corrected chi connectivity index (χ2v) is 6.44. The van der Waals surface area contributed by atoms with Crippen molar-refractivity contribution in [3.8, 4) is 0 Å². The van der Waals surface area contributed by atoms with Crippen LogP contribution in [0.15, 0.2) is 0 Å². The Labute approximate surface area is 55.4 Å². The topological polar surface area (TPSA) is 0 Å². The highest BCUT2D eigenvalue weighted by atomic mass is 32.2. The first-order valence-corrected chi connectivity index (χ1v) is 5.37. The van der Waals surface area contributed by atoms with Crippen molar-refractivity contribution in [2.75, 3.05) is 11.5 Å². The largest absolute Gasteiger partial charge is 0.152 e. The second kappa shape index (κ2) is 3.21. The van der Waals surface area contributed by atoms with E-state index in [0.29, 0.717) is 0 Å². The molecule has 1 aliphatic heterocycles. The SMILES string of the molecule is [PH3+]C1SCCCS1. The van der Waals surface area contributed by atoms with Gasteiger partial charge in [-0.3, -0.25) is 0 Å². The molecule has 0 spiro atoms. The maximum absolute atomic E-state index is 2.10. The van der Waals surface area contributed by atoms with E-state index in [9.17, 15) is 0 Å². The summed E-state index contributed by atoms with van der Waals surface area (Å²) in [6.45, 7) is 0. The van der Waals surface area contributed by atoms with Crippen LogP contribution in [0.2, 0.25) is 0 Å². The molecule has 0 aromatic carbocycles. The zero-order chi connectivity index (χ0) is 5.11. The summed E-state index contributed by atoms with van der Waals surface area (Å²) in [5.74, 6) is 2.78. The maximum atomic E-state index is 2.10. The third kappa shape index (κ3) is 2.25. The van der Waals surface area contributed by atoms with Gasteiger partial charge in [0.15, 0.2) is 4.32 Å². The smallest absolute Gasteiger partial charge is 0.108 e. The van der Waals surface area contributed by atoms with Gasteiger partial charge in [-0.05, 0) is 27.2 Å². The van der Waals surface area contributed by atoms with Crippen LogP contribution in [0.4, 0.5) is 0 Å². The summed E-state index contributed by atoms with van der Waals surface area (Å²) in [5.41, 5.74) is 0. The van der Waals surface area contributed by atoms with Crippen LogP contribution in [0, 0.1) is 0 Å². The van der Waals surface area contributed by atoms with Crippen molar-refractivity contribution < 1.29 is 0 Å². The Morgan fingerprint density at radius 3 is 2.14 bits per heavy atom. The van der Waals surface area contributed by atoms with Crippen molar-refractivity contribution in [2.45, 2.75) is 10.7 Å². The Balaban J connectivity index is 2.12. The van der Waals surface area contributed by atoms with Crippen LogP contribution in [0.5, 0.6) is 0 Å². The second-order valence-electron chi connectivity index (χ2n) is 1.52. The van der Waals surface area contributed by atoms with Gasteiger partial charge in [0.25, 0.3) is 0 Å². The molecular weight excluding hydrogens is 143 g/mol. The van der Waals surface area contributed by atoms with Crippen molar-refractivity contribution in [3.63, 3.8) is 0 Å². The van der Waals surface area contributed by atoms with Crippen LogP contribution < -0.4 is 0 Å². The van der Waals surface area contributed by atoms with Crippen LogP contribution in [-0.2, 0) is 0 Å². The monoisotopic (exact) mass is 153 g/mol. The molecule has 0 amide bonds. The van der Waals surface area contributed by atoms with Gasteiger partial charge in [0, 0.05) is 0 Å². The summed E-state index contributed by atoms with van der Waals surface area (Å²) in [6.07, 6.45) is 1.42. The van der Waals surface area contributed by atoms with Crippen molar-refractivity contribution >= 4 is 32.8 Å². The maximum Gasteiger partial charge on any atom is 0.152 e. The minimum atomic E-state index is 0.897. The lowest BCUT2D eigenvalue weighted by atomic mass is 10.6. The number of thioether (sulfide) groups is 2. The van der Waals surface area contributed by atoms with E-state index in [1.807, 2.05) is 0 Å². The first-order valence-electron chi connectivity index (χ1n) is 2.46. The van der Waals surface area contributed by atoms with Gasteiger partial charge >= 0.3 is 0 Å². The van der Waals surface area contributed by atoms with Crippen LogP contribution in [0.1, 0.15) is 6.42 Å². The molecule has 0 saturated carbocycles. The summed E-state index contributed by atoms with van der Waals surface area (Å²) in [6, 6.07) is 0. The highest BCUT2D eigenvalue weighted by Gasteiger charge is 2.11. The van der Waals surface area contributed by atoms with Gasteiger partial charge < -0.3 is 0 Å². The highest BCUT2D eigenvalue weighted by molar-refractivity contribution is 8.21. The van der Waals surface area contributed by atoms with E-state index in [0.717, 1.165) is 4.32 Å². The van der Waals surface area contributed by atoms with E-state index in [4.69, 9.17) is 0 Å². The Bertz CT molecular complexity index is 51.7. The minimum Gasteiger partial charge on any atom is -0.108 e. The van der Waals surface area contributed by atoms with Gasteiger partial charge in [-0.25, -0.2) is 0 Å². The number of hydrogen-bond acceptors (Lipinski definition) is 2. The molecule has 1 heterocycles. The fourth-order valence-corrected chi connectivity index (χ4v) is 3.83. The number of hydrogen-bond donors (Lipinski definition) is 0. The fourth-order valence-electron chi connectivity index (χ4n) is 0.537. The predicted molar refractivity (Wildman–Crippen MR) is 44.4 cm³/mol. The molecule has 1 unspecified atom stereocenters. The van der Waals surface area contributed by atoms with Crippen LogP contribution >= 0.6 is 32.8 Å². The van der Waals surface area contributed by atoms with Gasteiger partial charge in [-0.15, -0.1) is 23.5 Å². The molecule has 0 nitrogen and oxygen atoms in total. The molecule has 1 atom stereocenters. The van der Waals surface area contributed by atoms with Crippen molar-refractivity contribution in [3.05, 3.63) is 0 Å². The van der Waals surface area contributed by atoms with E-state index in [2.05, 4.69) is 32.8 Å². The molecule has 1 aliphatic rings. The molecule has 0 bridgehead atoms. The van der Waals surface area contributed by atoms with E-state index in [-0.39, 0.29) is 0 Å². The van der Waals surface area contributed by atoms with Crippen molar-refractivity contribution in [1.82, 2.24) is 0 Å². The van der Waals surface area contributed by atoms with Gasteiger partial charge in [-0.2, -0.15) is 0 Å². The van der Waals surface area contributed by atoms with Gasteiger partial charge in [-0.1, -0.05) is 0 Å².